The lowest BCUT2D eigenvalue weighted by atomic mass is 10.1. The van der Waals surface area contributed by atoms with Crippen LogP contribution in [0.5, 0.6) is 5.75 Å². The van der Waals surface area contributed by atoms with Crippen LogP contribution in [0.4, 0.5) is 20.7 Å². The molecule has 202 valence electrons. The van der Waals surface area contributed by atoms with Crippen LogP contribution in [-0.2, 0) is 4.74 Å². The lowest BCUT2D eigenvalue weighted by molar-refractivity contribution is 0.0359. The molecule has 39 heavy (non-hydrogen) atoms. The van der Waals surface area contributed by atoms with E-state index in [1.54, 1.807) is 62.3 Å². The van der Waals surface area contributed by atoms with E-state index in [1.807, 2.05) is 6.07 Å². The van der Waals surface area contributed by atoms with Crippen molar-refractivity contribution < 1.29 is 23.5 Å². The van der Waals surface area contributed by atoms with Gasteiger partial charge in [-0.1, -0.05) is 0 Å². The number of rotatable bonds is 6. The molecule has 5 rings (SSSR count). The van der Waals surface area contributed by atoms with Gasteiger partial charge in [0.15, 0.2) is 0 Å². The molecule has 3 heterocycles. The first-order valence-electron chi connectivity index (χ1n) is 12.4. The topological polar surface area (TPSA) is 121 Å². The number of carbonyl (C=O) groups excluding carboxylic acids is 2. The van der Waals surface area contributed by atoms with Gasteiger partial charge in [-0.25, -0.2) is 14.2 Å². The minimum Gasteiger partial charge on any atom is -0.495 e. The molecule has 1 saturated heterocycles. The summed E-state index contributed by atoms with van der Waals surface area (Å²) in [6.45, 7) is 6.17. The first kappa shape index (κ1) is 26.0. The van der Waals surface area contributed by atoms with Crippen molar-refractivity contribution in [1.29, 1.82) is 0 Å². The fourth-order valence-corrected chi connectivity index (χ4v) is 4.26. The normalized spacial score (nSPS) is 13.6. The largest absolute Gasteiger partial charge is 0.495 e. The van der Waals surface area contributed by atoms with Gasteiger partial charge in [0.05, 0.1) is 36.9 Å². The maximum absolute atomic E-state index is 13.6. The molecule has 10 nitrogen and oxygen atoms in total. The van der Waals surface area contributed by atoms with Crippen molar-refractivity contribution in [3.63, 3.8) is 0 Å². The molecule has 0 spiro atoms. The fraction of sp³-hybridized carbons (Fsp3) is 0.286. The molecule has 0 radical (unpaired) electrons. The van der Waals surface area contributed by atoms with Gasteiger partial charge in [-0.2, -0.15) is 0 Å². The molecule has 1 aliphatic heterocycles. The van der Waals surface area contributed by atoms with Crippen LogP contribution in [0.3, 0.4) is 0 Å². The number of benzene rings is 2. The zero-order valence-electron chi connectivity index (χ0n) is 22.0. The van der Waals surface area contributed by atoms with Crippen LogP contribution in [0.1, 0.15) is 31.1 Å². The van der Waals surface area contributed by atoms with Gasteiger partial charge in [0.25, 0.3) is 5.91 Å². The summed E-state index contributed by atoms with van der Waals surface area (Å²) in [7, 11) is 1.52. The van der Waals surface area contributed by atoms with Crippen LogP contribution in [0.15, 0.2) is 54.9 Å². The number of ether oxygens (including phenoxy) is 2. The van der Waals surface area contributed by atoms with E-state index in [2.05, 4.69) is 25.6 Å². The smallest absolute Gasteiger partial charge is 0.407 e. The fourth-order valence-electron chi connectivity index (χ4n) is 4.26. The second-order valence-electron chi connectivity index (χ2n) is 10.3. The summed E-state index contributed by atoms with van der Waals surface area (Å²) in [6.07, 6.45) is 2.69. The Morgan fingerprint density at radius 1 is 1.10 bits per heavy atom. The monoisotopic (exact) mass is 532 g/mol. The third kappa shape index (κ3) is 5.92. The maximum atomic E-state index is 13.6. The maximum Gasteiger partial charge on any atom is 0.407 e. The Labute approximate surface area is 224 Å². The Hall–Kier alpha value is -4.67. The van der Waals surface area contributed by atoms with Crippen molar-refractivity contribution in [2.75, 3.05) is 25.5 Å². The molecule has 2 amide bonds. The number of likely N-dealkylation sites (tertiary alicyclic amines) is 1. The summed E-state index contributed by atoms with van der Waals surface area (Å²) >= 11 is 0. The lowest BCUT2D eigenvalue weighted by Gasteiger charge is -2.39. The Balaban J connectivity index is 1.25. The van der Waals surface area contributed by atoms with Gasteiger partial charge in [0.1, 0.15) is 28.7 Å². The number of methoxy groups -OCH3 is 1. The highest BCUT2D eigenvalue weighted by atomic mass is 19.1. The highest BCUT2D eigenvalue weighted by Crippen LogP contribution is 2.30. The second-order valence-corrected chi connectivity index (χ2v) is 10.3. The average molecular weight is 533 g/mol. The number of hydrogen-bond donors (Lipinski definition) is 3. The van der Waals surface area contributed by atoms with Crippen LogP contribution in [-0.4, -0.2) is 63.7 Å². The predicted molar refractivity (Wildman–Crippen MR) is 145 cm³/mol. The average Bonchev–Trinajstić information content (AvgIpc) is 3.28. The second kappa shape index (κ2) is 10.2. The molecular weight excluding hydrogens is 503 g/mol. The van der Waals surface area contributed by atoms with E-state index in [-0.39, 0.29) is 17.8 Å². The van der Waals surface area contributed by atoms with Crippen LogP contribution in [0.2, 0.25) is 0 Å². The lowest BCUT2D eigenvalue weighted by Crippen LogP contribution is -2.61. The summed E-state index contributed by atoms with van der Waals surface area (Å²) < 4.78 is 24.4. The molecule has 3 N–H and O–H groups in total. The van der Waals surface area contributed by atoms with Gasteiger partial charge < -0.3 is 30.0 Å². The number of fused-ring (bicyclic) bond motifs is 1. The van der Waals surface area contributed by atoms with Gasteiger partial charge in [0, 0.05) is 29.6 Å². The van der Waals surface area contributed by atoms with Gasteiger partial charge >= 0.3 is 6.09 Å². The van der Waals surface area contributed by atoms with E-state index in [1.165, 1.54) is 19.2 Å². The molecule has 0 unspecified atom stereocenters. The first-order valence-corrected chi connectivity index (χ1v) is 12.4. The Bertz CT molecular complexity index is 1540. The van der Waals surface area contributed by atoms with Crippen molar-refractivity contribution in [3.8, 4) is 17.1 Å². The highest BCUT2D eigenvalue weighted by molar-refractivity contribution is 5.96. The Morgan fingerprint density at radius 3 is 2.64 bits per heavy atom. The van der Waals surface area contributed by atoms with E-state index in [4.69, 9.17) is 9.47 Å². The summed E-state index contributed by atoms with van der Waals surface area (Å²) in [5.74, 6) is 0.445. The summed E-state index contributed by atoms with van der Waals surface area (Å²) in [5, 5.41) is 6.70. The number of nitrogens with one attached hydrogen (secondary N) is 3. The molecule has 1 aliphatic rings. The van der Waals surface area contributed by atoms with Gasteiger partial charge in [-0.15, -0.1) is 0 Å². The van der Waals surface area contributed by atoms with E-state index in [0.717, 1.165) is 10.9 Å². The molecule has 0 saturated carbocycles. The summed E-state index contributed by atoms with van der Waals surface area (Å²) in [6, 6.07) is 11.3. The first-order chi connectivity index (χ1) is 18.6. The molecule has 0 atom stereocenters. The SMILES string of the molecule is COc1cc(C(=O)N2CC(NC(=O)OC(C)(C)C)C2)ccc1Nc1cncc(-c2cc3cc(F)ccc3[nH]2)n1. The van der Waals surface area contributed by atoms with Crippen LogP contribution < -0.4 is 15.4 Å². The van der Waals surface area contributed by atoms with E-state index >= 15 is 0 Å². The van der Waals surface area contributed by atoms with E-state index in [9.17, 15) is 14.0 Å². The van der Waals surface area contributed by atoms with Crippen molar-refractivity contribution >= 4 is 34.4 Å². The number of hydrogen-bond acceptors (Lipinski definition) is 7. The zero-order valence-corrected chi connectivity index (χ0v) is 22.0. The van der Waals surface area contributed by atoms with Crippen molar-refractivity contribution in [1.82, 2.24) is 25.2 Å². The van der Waals surface area contributed by atoms with Crippen molar-refractivity contribution in [2.45, 2.75) is 32.4 Å². The Kier molecular flexibility index (Phi) is 6.81. The van der Waals surface area contributed by atoms with Gasteiger partial charge in [0.2, 0.25) is 0 Å². The number of nitrogens with zero attached hydrogens (tertiary/aromatic N) is 3. The number of alkyl carbamates (subject to hydrolysis) is 1. The van der Waals surface area contributed by atoms with Crippen LogP contribution in [0.25, 0.3) is 22.3 Å². The van der Waals surface area contributed by atoms with Gasteiger partial charge in [-0.3, -0.25) is 9.78 Å². The van der Waals surface area contributed by atoms with E-state index in [0.29, 0.717) is 47.3 Å². The molecule has 0 aliphatic carbocycles. The molecule has 0 bridgehead atoms. The third-order valence-corrected chi connectivity index (χ3v) is 6.09. The van der Waals surface area contributed by atoms with Crippen LogP contribution >= 0.6 is 0 Å². The minimum absolute atomic E-state index is 0.159. The quantitative estimate of drug-likeness (QED) is 0.324. The predicted octanol–water partition coefficient (Wildman–Crippen LogP) is 4.87. The number of carbonyl (C=O) groups is 2. The standard InChI is InChI=1S/C28H29FN6O4/c1-28(2,3)39-27(37)31-19-14-35(15-19)26(36)16-5-7-21(24(11-16)38-4)33-25-13-30-12-23(34-25)22-10-17-9-18(29)6-8-20(17)32-22/h5-13,19,32H,14-15H2,1-4H3,(H,31,37)(H,33,34). The summed E-state index contributed by atoms with van der Waals surface area (Å²) in [4.78, 5) is 38.7. The Morgan fingerprint density at radius 2 is 1.90 bits per heavy atom. The highest BCUT2D eigenvalue weighted by Gasteiger charge is 2.33. The number of H-pyrrole nitrogens is 1. The van der Waals surface area contributed by atoms with Crippen molar-refractivity contribution in [2.24, 2.45) is 0 Å². The third-order valence-electron chi connectivity index (χ3n) is 6.09. The molecular formula is C28H29FN6O4. The molecule has 2 aromatic carbocycles. The van der Waals surface area contributed by atoms with E-state index < -0.39 is 11.7 Å². The molecule has 11 heteroatoms. The molecule has 4 aromatic rings. The molecule has 1 fully saturated rings. The van der Waals surface area contributed by atoms with Gasteiger partial charge in [-0.05, 0) is 63.2 Å². The number of anilines is 2. The minimum atomic E-state index is -0.584. The molecule has 2 aromatic heterocycles. The number of halogens is 1. The summed E-state index contributed by atoms with van der Waals surface area (Å²) in [5.41, 5.74) is 2.55. The number of amides is 2. The number of aromatic amines is 1. The number of aromatic nitrogens is 3. The van der Waals surface area contributed by atoms with Crippen molar-refractivity contribution in [3.05, 3.63) is 66.2 Å². The van der Waals surface area contributed by atoms with Crippen LogP contribution in [0, 0.1) is 5.82 Å². The zero-order chi connectivity index (χ0) is 27.7.